The zero-order valence-electron chi connectivity index (χ0n) is 17.7. The summed E-state index contributed by atoms with van der Waals surface area (Å²) in [6, 6.07) is -0.208. The number of ether oxygens (including phenoxy) is 1. The van der Waals surface area contributed by atoms with Gasteiger partial charge in [0.1, 0.15) is 0 Å². The van der Waals surface area contributed by atoms with E-state index in [4.69, 9.17) is 4.74 Å². The molecular formula is C20H32N4O4S2. The van der Waals surface area contributed by atoms with Gasteiger partial charge in [-0.05, 0) is 26.2 Å². The number of rotatable bonds is 7. The van der Waals surface area contributed by atoms with Crippen molar-refractivity contribution in [2.24, 2.45) is 0 Å². The molecule has 2 atom stereocenters. The van der Waals surface area contributed by atoms with E-state index in [1.807, 2.05) is 11.8 Å². The maximum Gasteiger partial charge on any atom is 0.237 e. The topological polar surface area (TPSA) is 83.1 Å². The molecule has 0 radical (unpaired) electrons. The van der Waals surface area contributed by atoms with Crippen LogP contribution in [0.25, 0.3) is 0 Å². The number of thiazole rings is 1. The molecule has 4 rings (SSSR count). The van der Waals surface area contributed by atoms with Gasteiger partial charge in [0.05, 0.1) is 34.9 Å². The molecule has 4 heterocycles. The third kappa shape index (κ3) is 5.79. The van der Waals surface area contributed by atoms with Crippen LogP contribution in [0, 0.1) is 6.92 Å². The lowest BCUT2D eigenvalue weighted by molar-refractivity contribution is -0.136. The molecule has 1 aromatic heterocycles. The molecule has 3 aliphatic heterocycles. The highest BCUT2D eigenvalue weighted by Gasteiger charge is 2.37. The van der Waals surface area contributed by atoms with Crippen LogP contribution < -0.4 is 0 Å². The molecule has 0 aliphatic carbocycles. The van der Waals surface area contributed by atoms with Crippen molar-refractivity contribution in [2.45, 2.75) is 44.9 Å². The van der Waals surface area contributed by atoms with Crippen LogP contribution in [0.15, 0.2) is 5.38 Å². The molecule has 3 saturated heterocycles. The Bertz CT molecular complexity index is 830. The minimum absolute atomic E-state index is 0.0377. The second-order valence-electron chi connectivity index (χ2n) is 8.65. The normalized spacial score (nSPS) is 27.5. The molecule has 30 heavy (non-hydrogen) atoms. The first-order chi connectivity index (χ1) is 14.4. The molecule has 2 unspecified atom stereocenters. The Hall–Kier alpha value is -1.07. The molecule has 0 N–H and O–H groups in total. The Labute approximate surface area is 183 Å². The standard InChI is InChI=1S/C20H32N4O4S2/c1-16-21-17(14-29-16)11-22-5-7-23(8-6-22)13-20(25)24(12-19-3-2-9-28-19)18-4-10-30(26,27)15-18/h14,18-19H,2-13,15H2,1H3. The van der Waals surface area contributed by atoms with Gasteiger partial charge in [0.25, 0.3) is 0 Å². The lowest BCUT2D eigenvalue weighted by Gasteiger charge is -2.36. The van der Waals surface area contributed by atoms with Crippen molar-refractivity contribution < 1.29 is 17.9 Å². The molecule has 8 nitrogen and oxygen atoms in total. The summed E-state index contributed by atoms with van der Waals surface area (Å²) >= 11 is 1.68. The summed E-state index contributed by atoms with van der Waals surface area (Å²) in [6.07, 6.45) is 2.53. The first-order valence-electron chi connectivity index (χ1n) is 10.9. The lowest BCUT2D eigenvalue weighted by atomic mass is 10.1. The summed E-state index contributed by atoms with van der Waals surface area (Å²) < 4.78 is 29.7. The monoisotopic (exact) mass is 456 g/mol. The second kappa shape index (κ2) is 9.60. The summed E-state index contributed by atoms with van der Waals surface area (Å²) in [7, 11) is -3.04. The molecule has 3 aliphatic rings. The average molecular weight is 457 g/mol. The average Bonchev–Trinajstić information content (AvgIpc) is 3.43. The number of piperazine rings is 1. The number of aryl methyl sites for hydroxylation is 1. The van der Waals surface area contributed by atoms with Crippen molar-refractivity contribution in [2.75, 3.05) is 57.4 Å². The van der Waals surface area contributed by atoms with Crippen molar-refractivity contribution >= 4 is 27.1 Å². The van der Waals surface area contributed by atoms with E-state index in [0.29, 0.717) is 19.5 Å². The SMILES string of the molecule is Cc1nc(CN2CCN(CC(=O)N(CC3CCCO3)C3CCS(=O)(=O)C3)CC2)cs1. The highest BCUT2D eigenvalue weighted by Crippen LogP contribution is 2.22. The van der Waals surface area contributed by atoms with Crippen LogP contribution in [0.5, 0.6) is 0 Å². The van der Waals surface area contributed by atoms with E-state index in [0.717, 1.165) is 62.9 Å². The summed E-state index contributed by atoms with van der Waals surface area (Å²) in [4.78, 5) is 24.1. The largest absolute Gasteiger partial charge is 0.376 e. The fourth-order valence-corrected chi connectivity index (χ4v) is 6.92. The van der Waals surface area contributed by atoms with Crippen LogP contribution in [-0.4, -0.2) is 104 Å². The molecule has 10 heteroatoms. The van der Waals surface area contributed by atoms with Gasteiger partial charge in [0.15, 0.2) is 9.84 Å². The highest BCUT2D eigenvalue weighted by molar-refractivity contribution is 7.91. The lowest BCUT2D eigenvalue weighted by Crippen LogP contribution is -2.52. The van der Waals surface area contributed by atoms with Gasteiger partial charge in [-0.3, -0.25) is 14.6 Å². The predicted molar refractivity (Wildman–Crippen MR) is 116 cm³/mol. The maximum absolute atomic E-state index is 13.2. The van der Waals surface area contributed by atoms with Gasteiger partial charge < -0.3 is 9.64 Å². The molecule has 0 bridgehead atoms. The van der Waals surface area contributed by atoms with Crippen LogP contribution in [-0.2, 0) is 25.9 Å². The Morgan fingerprint density at radius 3 is 2.63 bits per heavy atom. The molecule has 0 aromatic carbocycles. The molecule has 168 valence electrons. The fourth-order valence-electron chi connectivity index (χ4n) is 4.58. The summed E-state index contributed by atoms with van der Waals surface area (Å²) in [6.45, 7) is 7.98. The van der Waals surface area contributed by atoms with Crippen molar-refractivity contribution in [1.82, 2.24) is 19.7 Å². The molecule has 0 spiro atoms. The minimum Gasteiger partial charge on any atom is -0.376 e. The van der Waals surface area contributed by atoms with Crippen molar-refractivity contribution in [3.8, 4) is 0 Å². The van der Waals surface area contributed by atoms with Gasteiger partial charge in [-0.15, -0.1) is 11.3 Å². The number of carbonyl (C=O) groups excluding carboxylic acids is 1. The Kier molecular flexibility index (Phi) is 7.08. The van der Waals surface area contributed by atoms with Gasteiger partial charge in [-0.1, -0.05) is 0 Å². The summed E-state index contributed by atoms with van der Waals surface area (Å²) in [5, 5.41) is 3.21. The van der Waals surface area contributed by atoms with Crippen LogP contribution >= 0.6 is 11.3 Å². The van der Waals surface area contributed by atoms with Gasteiger partial charge in [-0.2, -0.15) is 0 Å². The Morgan fingerprint density at radius 2 is 2.03 bits per heavy atom. The highest BCUT2D eigenvalue weighted by atomic mass is 32.2. The van der Waals surface area contributed by atoms with Gasteiger partial charge in [-0.25, -0.2) is 13.4 Å². The number of amides is 1. The van der Waals surface area contributed by atoms with E-state index in [-0.39, 0.29) is 29.6 Å². The van der Waals surface area contributed by atoms with Crippen LogP contribution in [0.3, 0.4) is 0 Å². The number of nitrogens with zero attached hydrogens (tertiary/aromatic N) is 4. The van der Waals surface area contributed by atoms with E-state index in [9.17, 15) is 13.2 Å². The zero-order valence-corrected chi connectivity index (χ0v) is 19.3. The number of aromatic nitrogens is 1. The van der Waals surface area contributed by atoms with Crippen LogP contribution in [0.1, 0.15) is 30.0 Å². The number of sulfone groups is 1. The molecule has 3 fully saturated rings. The molecule has 0 saturated carbocycles. The quantitative estimate of drug-likeness (QED) is 0.599. The molecular weight excluding hydrogens is 424 g/mol. The van der Waals surface area contributed by atoms with Crippen molar-refractivity contribution in [1.29, 1.82) is 0 Å². The maximum atomic E-state index is 13.2. The van der Waals surface area contributed by atoms with E-state index in [1.54, 1.807) is 11.3 Å². The van der Waals surface area contributed by atoms with Crippen molar-refractivity contribution in [3.63, 3.8) is 0 Å². The van der Waals surface area contributed by atoms with E-state index >= 15 is 0 Å². The van der Waals surface area contributed by atoms with Gasteiger partial charge in [0, 0.05) is 57.3 Å². The smallest absolute Gasteiger partial charge is 0.237 e. The predicted octanol–water partition coefficient (Wildman–Crippen LogP) is 0.764. The molecule has 1 amide bonds. The summed E-state index contributed by atoms with van der Waals surface area (Å²) in [5.41, 5.74) is 1.12. The summed E-state index contributed by atoms with van der Waals surface area (Å²) in [5.74, 6) is 0.310. The minimum atomic E-state index is -3.04. The van der Waals surface area contributed by atoms with Crippen LogP contribution in [0.2, 0.25) is 0 Å². The third-order valence-electron chi connectivity index (χ3n) is 6.27. The Morgan fingerprint density at radius 1 is 1.27 bits per heavy atom. The number of carbonyl (C=O) groups is 1. The van der Waals surface area contributed by atoms with Gasteiger partial charge in [0.2, 0.25) is 5.91 Å². The first kappa shape index (κ1) is 22.1. The van der Waals surface area contributed by atoms with Gasteiger partial charge >= 0.3 is 0 Å². The van der Waals surface area contributed by atoms with E-state index in [1.165, 1.54) is 0 Å². The van der Waals surface area contributed by atoms with E-state index < -0.39 is 9.84 Å². The number of hydrogen-bond donors (Lipinski definition) is 0. The van der Waals surface area contributed by atoms with Crippen LogP contribution in [0.4, 0.5) is 0 Å². The van der Waals surface area contributed by atoms with Crippen molar-refractivity contribution in [3.05, 3.63) is 16.1 Å². The first-order valence-corrected chi connectivity index (χ1v) is 13.6. The Balaban J connectivity index is 1.30. The number of hydrogen-bond acceptors (Lipinski definition) is 8. The van der Waals surface area contributed by atoms with E-state index in [2.05, 4.69) is 20.2 Å². The second-order valence-corrected chi connectivity index (χ2v) is 11.9. The molecule has 1 aromatic rings. The third-order valence-corrected chi connectivity index (χ3v) is 8.84. The zero-order chi connectivity index (χ0) is 21.1. The fraction of sp³-hybridized carbons (Fsp3) is 0.800.